The second-order valence-electron chi connectivity index (χ2n) is 10.5. The van der Waals surface area contributed by atoms with Crippen molar-refractivity contribution in [3.63, 3.8) is 0 Å². The molecule has 0 aromatic heterocycles. The molecule has 10 heteroatoms. The largest absolute Gasteiger partial charge is 0.490 e. The Morgan fingerprint density at radius 3 is 2.32 bits per heavy atom. The number of sulfonamides is 1. The van der Waals surface area contributed by atoms with Crippen molar-refractivity contribution in [1.29, 1.82) is 0 Å². The van der Waals surface area contributed by atoms with Crippen LogP contribution in [0.5, 0.6) is 5.75 Å². The number of nitrogens with one attached hydrogen (secondary N) is 2. The molecule has 3 fully saturated rings. The number of benzene rings is 1. The number of carbonyl (C=O) groups excluding carboxylic acids is 1. The molecule has 3 aliphatic heterocycles. The van der Waals surface area contributed by atoms with Gasteiger partial charge in [0.25, 0.3) is 0 Å². The van der Waals surface area contributed by atoms with Crippen molar-refractivity contribution in [1.82, 2.24) is 19.8 Å². The third kappa shape index (κ3) is 6.41. The summed E-state index contributed by atoms with van der Waals surface area (Å²) >= 11 is 0. The molecular weight excluding hydrogens is 456 g/mol. The van der Waals surface area contributed by atoms with Gasteiger partial charge in [0.1, 0.15) is 17.5 Å². The van der Waals surface area contributed by atoms with E-state index in [0.717, 1.165) is 39.0 Å². The predicted molar refractivity (Wildman–Crippen MR) is 129 cm³/mol. The van der Waals surface area contributed by atoms with Gasteiger partial charge in [-0.25, -0.2) is 13.2 Å². The van der Waals surface area contributed by atoms with E-state index >= 15 is 0 Å². The summed E-state index contributed by atoms with van der Waals surface area (Å²) in [7, 11) is -3.63. The molecule has 0 aliphatic carbocycles. The molecule has 1 aromatic rings. The third-order valence-corrected chi connectivity index (χ3v) is 8.57. The predicted octanol–water partition coefficient (Wildman–Crippen LogP) is 2.18. The van der Waals surface area contributed by atoms with Crippen LogP contribution < -0.4 is 15.4 Å². The summed E-state index contributed by atoms with van der Waals surface area (Å²) in [5.41, 5.74) is -0.563. The summed E-state index contributed by atoms with van der Waals surface area (Å²) in [5, 5.41) is 6.17. The Morgan fingerprint density at radius 2 is 1.74 bits per heavy atom. The highest BCUT2D eigenvalue weighted by Crippen LogP contribution is 2.26. The summed E-state index contributed by atoms with van der Waals surface area (Å²) in [4.78, 5) is 14.8. The maximum Gasteiger partial charge on any atom is 0.407 e. The fourth-order valence-corrected chi connectivity index (χ4v) is 6.16. The van der Waals surface area contributed by atoms with Gasteiger partial charge in [0.15, 0.2) is 0 Å². The molecule has 1 aromatic carbocycles. The van der Waals surface area contributed by atoms with Gasteiger partial charge in [-0.3, -0.25) is 4.90 Å². The van der Waals surface area contributed by atoms with Gasteiger partial charge in [-0.15, -0.1) is 0 Å². The van der Waals surface area contributed by atoms with Crippen molar-refractivity contribution in [3.8, 4) is 5.75 Å². The standard InChI is InChI=1S/C24H38N4O5S/c1-24(2,3)33-23(29)26-18-7-13-28(14-8-18)34(30,31)22-6-4-5-21(15-22)32-20-9-11-27(12-10-20)19-16-25-17-19/h4-6,15,18-20,25H,7-14,16-17H2,1-3H3,(H,26,29). The minimum absolute atomic E-state index is 0.0995. The molecule has 0 atom stereocenters. The zero-order chi connectivity index (χ0) is 24.3. The maximum atomic E-state index is 13.3. The van der Waals surface area contributed by atoms with Crippen LogP contribution in [0.1, 0.15) is 46.5 Å². The van der Waals surface area contributed by atoms with E-state index in [1.54, 1.807) is 18.2 Å². The Hall–Kier alpha value is -1.88. The first-order valence-corrected chi connectivity index (χ1v) is 13.8. The Balaban J connectivity index is 1.29. The van der Waals surface area contributed by atoms with Crippen molar-refractivity contribution in [2.24, 2.45) is 0 Å². The van der Waals surface area contributed by atoms with Crippen LogP contribution in [-0.2, 0) is 14.8 Å². The fourth-order valence-electron chi connectivity index (χ4n) is 4.65. The average Bonchev–Trinajstić information content (AvgIpc) is 2.73. The minimum atomic E-state index is -3.63. The summed E-state index contributed by atoms with van der Waals surface area (Å²) in [6, 6.07) is 7.39. The lowest BCUT2D eigenvalue weighted by Crippen LogP contribution is -2.59. The van der Waals surface area contributed by atoms with Gasteiger partial charge in [0.05, 0.1) is 4.90 Å². The molecule has 4 rings (SSSR count). The van der Waals surface area contributed by atoms with E-state index in [0.29, 0.717) is 37.7 Å². The van der Waals surface area contributed by atoms with E-state index in [-0.39, 0.29) is 17.0 Å². The monoisotopic (exact) mass is 494 g/mol. The van der Waals surface area contributed by atoms with Gasteiger partial charge < -0.3 is 20.1 Å². The number of amides is 1. The second-order valence-corrected chi connectivity index (χ2v) is 12.4. The third-order valence-electron chi connectivity index (χ3n) is 6.67. The minimum Gasteiger partial charge on any atom is -0.490 e. The number of ether oxygens (including phenoxy) is 2. The summed E-state index contributed by atoms with van der Waals surface area (Å²) < 4.78 is 39.5. The smallest absolute Gasteiger partial charge is 0.407 e. The second kappa shape index (κ2) is 10.4. The first-order valence-electron chi connectivity index (χ1n) is 12.3. The number of hydrogen-bond donors (Lipinski definition) is 2. The molecule has 0 bridgehead atoms. The van der Waals surface area contributed by atoms with Crippen LogP contribution in [0.4, 0.5) is 4.79 Å². The van der Waals surface area contributed by atoms with Gasteiger partial charge in [0, 0.05) is 57.4 Å². The van der Waals surface area contributed by atoms with E-state index in [1.165, 1.54) is 4.31 Å². The molecule has 2 N–H and O–H groups in total. The van der Waals surface area contributed by atoms with Crippen LogP contribution in [0.3, 0.4) is 0 Å². The molecule has 0 spiro atoms. The lowest BCUT2D eigenvalue weighted by molar-refractivity contribution is 0.0489. The quantitative estimate of drug-likeness (QED) is 0.625. The Morgan fingerprint density at radius 1 is 1.06 bits per heavy atom. The summed E-state index contributed by atoms with van der Waals surface area (Å²) in [6.07, 6.45) is 2.64. The van der Waals surface area contributed by atoms with Crippen molar-refractivity contribution in [2.45, 2.75) is 75.1 Å². The zero-order valence-corrected chi connectivity index (χ0v) is 21.3. The van der Waals surface area contributed by atoms with Crippen LogP contribution in [0, 0.1) is 0 Å². The van der Waals surface area contributed by atoms with Crippen molar-refractivity contribution in [2.75, 3.05) is 39.3 Å². The number of rotatable bonds is 6. The van der Waals surface area contributed by atoms with Gasteiger partial charge in [-0.2, -0.15) is 4.31 Å². The van der Waals surface area contributed by atoms with E-state index in [1.807, 2.05) is 26.8 Å². The van der Waals surface area contributed by atoms with Gasteiger partial charge in [-0.1, -0.05) is 6.07 Å². The lowest BCUT2D eigenvalue weighted by Gasteiger charge is -2.42. The van der Waals surface area contributed by atoms with E-state index in [4.69, 9.17) is 9.47 Å². The van der Waals surface area contributed by atoms with Crippen molar-refractivity contribution in [3.05, 3.63) is 24.3 Å². The number of nitrogens with zero attached hydrogens (tertiary/aromatic N) is 2. The Labute approximate surface area is 203 Å². The van der Waals surface area contributed by atoms with E-state index in [9.17, 15) is 13.2 Å². The Bertz CT molecular complexity index is 944. The highest BCUT2D eigenvalue weighted by atomic mass is 32.2. The maximum absolute atomic E-state index is 13.3. The molecule has 0 radical (unpaired) electrons. The Kier molecular flexibility index (Phi) is 7.71. The molecule has 3 heterocycles. The number of likely N-dealkylation sites (tertiary alicyclic amines) is 1. The lowest BCUT2D eigenvalue weighted by atomic mass is 10.0. The molecule has 3 aliphatic rings. The van der Waals surface area contributed by atoms with E-state index < -0.39 is 21.7 Å². The van der Waals surface area contributed by atoms with Crippen LogP contribution in [0.15, 0.2) is 29.2 Å². The van der Waals surface area contributed by atoms with Crippen molar-refractivity contribution >= 4 is 16.1 Å². The molecule has 1 amide bonds. The average molecular weight is 495 g/mol. The van der Waals surface area contributed by atoms with Gasteiger partial charge >= 0.3 is 6.09 Å². The highest BCUT2D eigenvalue weighted by Gasteiger charge is 2.32. The highest BCUT2D eigenvalue weighted by molar-refractivity contribution is 7.89. The number of piperidine rings is 2. The SMILES string of the molecule is CC(C)(C)OC(=O)NC1CCN(S(=O)(=O)c2cccc(OC3CCN(C4CNC4)CC3)c2)CC1. The summed E-state index contributed by atoms with van der Waals surface area (Å²) in [5.74, 6) is 0.603. The van der Waals surface area contributed by atoms with Crippen LogP contribution in [0.25, 0.3) is 0 Å². The fraction of sp³-hybridized carbons (Fsp3) is 0.708. The molecule has 9 nitrogen and oxygen atoms in total. The molecule has 190 valence electrons. The normalized spacial score (nSPS) is 22.2. The molecule has 34 heavy (non-hydrogen) atoms. The van der Waals surface area contributed by atoms with Crippen LogP contribution >= 0.6 is 0 Å². The summed E-state index contributed by atoms with van der Waals surface area (Å²) in [6.45, 7) is 10.3. The van der Waals surface area contributed by atoms with E-state index in [2.05, 4.69) is 15.5 Å². The molecule has 0 saturated carbocycles. The van der Waals surface area contributed by atoms with Crippen LogP contribution in [0.2, 0.25) is 0 Å². The number of hydrogen-bond acceptors (Lipinski definition) is 7. The van der Waals surface area contributed by atoms with Crippen molar-refractivity contribution < 1.29 is 22.7 Å². The number of alkyl carbamates (subject to hydrolysis) is 1. The molecule has 3 saturated heterocycles. The van der Waals surface area contributed by atoms with Gasteiger partial charge in [-0.05, 0) is 58.6 Å². The molecular formula is C24H38N4O5S. The topological polar surface area (TPSA) is 100 Å². The first-order chi connectivity index (χ1) is 16.1. The zero-order valence-electron chi connectivity index (χ0n) is 20.5. The first kappa shape index (κ1) is 25.2. The molecule has 0 unspecified atom stereocenters. The number of carbonyl (C=O) groups is 1. The van der Waals surface area contributed by atoms with Crippen LogP contribution in [-0.4, -0.2) is 86.8 Å². The van der Waals surface area contributed by atoms with Gasteiger partial charge in [0.2, 0.25) is 10.0 Å².